The Labute approximate surface area is 116 Å². The van der Waals surface area contributed by atoms with Crippen LogP contribution in [0.3, 0.4) is 0 Å². The first-order valence-electron chi connectivity index (χ1n) is 6.67. The molecule has 1 aliphatic rings. The second-order valence-electron chi connectivity index (χ2n) is 5.23. The third kappa shape index (κ3) is 2.24. The molecule has 1 aliphatic heterocycles. The first-order valence-corrected chi connectivity index (χ1v) is 6.67. The first kappa shape index (κ1) is 13.0. The maximum absolute atomic E-state index is 12.6. The van der Waals surface area contributed by atoms with Crippen molar-refractivity contribution in [2.24, 2.45) is 0 Å². The number of morpholine rings is 1. The quantitative estimate of drug-likeness (QED) is 0.765. The van der Waals surface area contributed by atoms with Crippen molar-refractivity contribution in [3.8, 4) is 0 Å². The van der Waals surface area contributed by atoms with Gasteiger partial charge in [0.1, 0.15) is 0 Å². The highest BCUT2D eigenvalue weighted by Crippen LogP contribution is 2.14. The Morgan fingerprint density at radius 1 is 1.30 bits per heavy atom. The number of amides is 1. The number of nitrogens with zero attached hydrogens (tertiary/aromatic N) is 5. The molecule has 0 spiro atoms. The fraction of sp³-hybridized carbons (Fsp3) is 0.538. The molecule has 1 saturated heterocycles. The van der Waals surface area contributed by atoms with Crippen molar-refractivity contribution >= 4 is 11.7 Å². The van der Waals surface area contributed by atoms with Crippen molar-refractivity contribution in [2.75, 3.05) is 13.1 Å². The fourth-order valence-corrected chi connectivity index (χ4v) is 2.51. The number of hydrogen-bond donors (Lipinski definition) is 0. The average molecular weight is 275 g/mol. The molecule has 1 fully saturated rings. The maximum atomic E-state index is 12.6. The molecule has 1 amide bonds. The van der Waals surface area contributed by atoms with E-state index >= 15 is 0 Å². The summed E-state index contributed by atoms with van der Waals surface area (Å²) in [5.74, 6) is 0.613. The van der Waals surface area contributed by atoms with Crippen molar-refractivity contribution in [1.29, 1.82) is 0 Å². The van der Waals surface area contributed by atoms with Gasteiger partial charge in [0.05, 0.1) is 12.2 Å². The molecular formula is C13H17N5O2. The second kappa shape index (κ2) is 4.82. The zero-order chi connectivity index (χ0) is 14.3. The molecule has 0 bridgehead atoms. The Hall–Kier alpha value is -2.02. The molecule has 106 valence electrons. The molecule has 0 aromatic carbocycles. The Morgan fingerprint density at radius 3 is 2.70 bits per heavy atom. The van der Waals surface area contributed by atoms with Gasteiger partial charge in [-0.15, -0.1) is 10.2 Å². The molecular weight excluding hydrogens is 258 g/mol. The van der Waals surface area contributed by atoms with Crippen molar-refractivity contribution < 1.29 is 9.53 Å². The topological polar surface area (TPSA) is 72.6 Å². The summed E-state index contributed by atoms with van der Waals surface area (Å²) in [5.41, 5.74) is 0.845. The van der Waals surface area contributed by atoms with Crippen molar-refractivity contribution in [3.63, 3.8) is 0 Å². The smallest absolute Gasteiger partial charge is 0.292 e. The van der Waals surface area contributed by atoms with Crippen LogP contribution in [0, 0.1) is 6.92 Å². The number of carbonyl (C=O) groups is 1. The van der Waals surface area contributed by atoms with Crippen LogP contribution in [0.15, 0.2) is 12.3 Å². The molecule has 3 heterocycles. The zero-order valence-electron chi connectivity index (χ0n) is 11.8. The highest BCUT2D eigenvalue weighted by molar-refractivity contribution is 5.91. The fourth-order valence-electron chi connectivity index (χ4n) is 2.51. The van der Waals surface area contributed by atoms with E-state index in [-0.39, 0.29) is 18.1 Å². The summed E-state index contributed by atoms with van der Waals surface area (Å²) in [5, 5.41) is 7.94. The van der Waals surface area contributed by atoms with E-state index in [0.29, 0.717) is 24.7 Å². The summed E-state index contributed by atoms with van der Waals surface area (Å²) in [6.45, 7) is 6.93. The highest BCUT2D eigenvalue weighted by atomic mass is 16.5. The lowest BCUT2D eigenvalue weighted by Crippen LogP contribution is -2.48. The number of ether oxygens (including phenoxy) is 1. The molecule has 7 nitrogen and oxygen atoms in total. The van der Waals surface area contributed by atoms with Gasteiger partial charge in [-0.2, -0.15) is 0 Å². The van der Waals surface area contributed by atoms with Crippen molar-refractivity contribution in [3.05, 3.63) is 23.8 Å². The Morgan fingerprint density at radius 2 is 2.00 bits per heavy atom. The van der Waals surface area contributed by atoms with E-state index in [1.807, 2.05) is 26.8 Å². The molecule has 7 heteroatoms. The van der Waals surface area contributed by atoms with Crippen LogP contribution in [-0.2, 0) is 4.74 Å². The molecule has 0 radical (unpaired) electrons. The number of fused-ring (bicyclic) bond motifs is 1. The average Bonchev–Trinajstić information content (AvgIpc) is 2.79. The van der Waals surface area contributed by atoms with E-state index in [4.69, 9.17) is 4.74 Å². The van der Waals surface area contributed by atoms with Gasteiger partial charge in [0.2, 0.25) is 5.82 Å². The van der Waals surface area contributed by atoms with Crippen LogP contribution in [0.5, 0.6) is 0 Å². The van der Waals surface area contributed by atoms with Gasteiger partial charge in [-0.1, -0.05) is 0 Å². The molecule has 0 aliphatic carbocycles. The molecule has 0 saturated carbocycles. The summed E-state index contributed by atoms with van der Waals surface area (Å²) in [6.07, 6.45) is 1.84. The maximum Gasteiger partial charge on any atom is 0.292 e. The number of aromatic nitrogens is 4. The summed E-state index contributed by atoms with van der Waals surface area (Å²) in [7, 11) is 0. The van der Waals surface area contributed by atoms with Crippen LogP contribution in [0.2, 0.25) is 0 Å². The predicted molar refractivity (Wildman–Crippen MR) is 71.4 cm³/mol. The third-order valence-electron chi connectivity index (χ3n) is 3.32. The Kier molecular flexibility index (Phi) is 3.13. The van der Waals surface area contributed by atoms with Crippen LogP contribution < -0.4 is 0 Å². The van der Waals surface area contributed by atoms with Gasteiger partial charge in [-0.3, -0.25) is 9.20 Å². The standard InChI is InChI=1S/C13H17N5O2/c1-8-4-5-18-11(15-16-13(18)14-8)12(19)17-6-9(2)20-10(3)7-17/h4-5,9-10H,6-7H2,1-3H3/t9-,10+. The van der Waals surface area contributed by atoms with Crippen LogP contribution in [0.25, 0.3) is 5.78 Å². The molecule has 20 heavy (non-hydrogen) atoms. The van der Waals surface area contributed by atoms with Gasteiger partial charge >= 0.3 is 0 Å². The van der Waals surface area contributed by atoms with Gasteiger partial charge in [0.15, 0.2) is 0 Å². The lowest BCUT2D eigenvalue weighted by Gasteiger charge is -2.34. The molecule has 2 atom stereocenters. The monoisotopic (exact) mass is 275 g/mol. The molecule has 0 unspecified atom stereocenters. The normalized spacial score (nSPS) is 23.2. The lowest BCUT2D eigenvalue weighted by molar-refractivity contribution is -0.0589. The first-order chi connectivity index (χ1) is 9.54. The molecule has 0 N–H and O–H groups in total. The van der Waals surface area contributed by atoms with Gasteiger partial charge < -0.3 is 9.64 Å². The van der Waals surface area contributed by atoms with E-state index in [2.05, 4.69) is 15.2 Å². The summed E-state index contributed by atoms with van der Waals surface area (Å²) in [6, 6.07) is 1.83. The van der Waals surface area contributed by atoms with E-state index in [1.54, 1.807) is 15.5 Å². The number of hydrogen-bond acceptors (Lipinski definition) is 5. The van der Waals surface area contributed by atoms with Crippen LogP contribution >= 0.6 is 0 Å². The minimum absolute atomic E-state index is 0.0299. The summed E-state index contributed by atoms with van der Waals surface area (Å²) < 4.78 is 7.26. The van der Waals surface area contributed by atoms with Gasteiger partial charge in [0, 0.05) is 25.0 Å². The van der Waals surface area contributed by atoms with Crippen LogP contribution in [0.4, 0.5) is 0 Å². The number of rotatable bonds is 1. The highest BCUT2D eigenvalue weighted by Gasteiger charge is 2.29. The van der Waals surface area contributed by atoms with Crippen molar-refractivity contribution in [1.82, 2.24) is 24.5 Å². The Bertz CT molecular complexity index is 643. The SMILES string of the molecule is Cc1ccn2c(C(=O)N3C[C@@H](C)O[C@@H](C)C3)nnc2n1. The van der Waals surface area contributed by atoms with Gasteiger partial charge in [0.25, 0.3) is 11.7 Å². The van der Waals surface area contributed by atoms with E-state index in [0.717, 1.165) is 5.69 Å². The van der Waals surface area contributed by atoms with E-state index in [9.17, 15) is 4.79 Å². The van der Waals surface area contributed by atoms with Crippen molar-refractivity contribution in [2.45, 2.75) is 33.0 Å². The third-order valence-corrected chi connectivity index (χ3v) is 3.32. The minimum atomic E-state index is -0.134. The summed E-state index contributed by atoms with van der Waals surface area (Å²) >= 11 is 0. The summed E-state index contributed by atoms with van der Waals surface area (Å²) in [4.78, 5) is 18.6. The van der Waals surface area contributed by atoms with E-state index < -0.39 is 0 Å². The van der Waals surface area contributed by atoms with E-state index in [1.165, 1.54) is 0 Å². The van der Waals surface area contributed by atoms with Gasteiger partial charge in [-0.05, 0) is 26.8 Å². The largest absolute Gasteiger partial charge is 0.372 e. The molecule has 2 aromatic rings. The van der Waals surface area contributed by atoms with Crippen LogP contribution in [0.1, 0.15) is 30.2 Å². The van der Waals surface area contributed by atoms with Crippen LogP contribution in [-0.4, -0.2) is 55.7 Å². The number of aryl methyl sites for hydroxylation is 1. The molecule has 3 rings (SSSR count). The van der Waals surface area contributed by atoms with Gasteiger partial charge in [-0.25, -0.2) is 4.98 Å². The lowest BCUT2D eigenvalue weighted by atomic mass is 10.2. The Balaban J connectivity index is 1.92. The second-order valence-corrected chi connectivity index (χ2v) is 5.23. The number of carbonyl (C=O) groups excluding carboxylic acids is 1. The zero-order valence-corrected chi connectivity index (χ0v) is 11.8. The predicted octanol–water partition coefficient (Wildman–Crippen LogP) is 0.682. The molecule has 2 aromatic heterocycles. The minimum Gasteiger partial charge on any atom is -0.372 e.